The second-order valence-corrected chi connectivity index (χ2v) is 8.72. The summed E-state index contributed by atoms with van der Waals surface area (Å²) in [6, 6.07) is 0.0615. The fourth-order valence-electron chi connectivity index (χ4n) is 5.31. The SMILES string of the molecule is C=C1/C=C\C=C/C(C)N(CCO)c2c3c(c4c(c21)C(=O)NC4)CCC(CC)=C3/C=C\CC.CC. The first-order valence-corrected chi connectivity index (χ1v) is 12.8. The van der Waals surface area contributed by atoms with Crippen LogP contribution in [0.3, 0.4) is 0 Å². The number of anilines is 1. The molecule has 2 N–H and O–H groups in total. The summed E-state index contributed by atoms with van der Waals surface area (Å²) in [5.74, 6) is -0.0201. The molecule has 1 unspecified atom stereocenters. The number of hydrogen-bond donors (Lipinski definition) is 2. The number of nitrogens with one attached hydrogen (secondary N) is 1. The van der Waals surface area contributed by atoms with Gasteiger partial charge in [0.1, 0.15) is 0 Å². The number of carbonyl (C=O) groups excluding carboxylic acids is 1. The van der Waals surface area contributed by atoms with Crippen molar-refractivity contribution >= 4 is 22.7 Å². The molecule has 0 fully saturated rings. The van der Waals surface area contributed by atoms with E-state index in [1.54, 1.807) is 0 Å². The summed E-state index contributed by atoms with van der Waals surface area (Å²) in [4.78, 5) is 15.3. The number of benzene rings is 1. The molecule has 1 amide bonds. The minimum absolute atomic E-state index is 0.0201. The largest absolute Gasteiger partial charge is 0.395 e. The highest BCUT2D eigenvalue weighted by molar-refractivity contribution is 6.09. The molecule has 182 valence electrons. The van der Waals surface area contributed by atoms with Crippen molar-refractivity contribution in [1.29, 1.82) is 0 Å². The average Bonchev–Trinajstić information content (AvgIpc) is 3.26. The Morgan fingerprint density at radius 1 is 1.15 bits per heavy atom. The topological polar surface area (TPSA) is 52.6 Å². The van der Waals surface area contributed by atoms with E-state index in [9.17, 15) is 9.90 Å². The van der Waals surface area contributed by atoms with Crippen LogP contribution in [-0.2, 0) is 13.0 Å². The summed E-state index contributed by atoms with van der Waals surface area (Å²) < 4.78 is 0. The van der Waals surface area contributed by atoms with E-state index in [0.717, 1.165) is 53.6 Å². The summed E-state index contributed by atoms with van der Waals surface area (Å²) in [6.45, 7) is 16.0. The van der Waals surface area contributed by atoms with E-state index < -0.39 is 0 Å². The van der Waals surface area contributed by atoms with Gasteiger partial charge in [-0.15, -0.1) is 0 Å². The van der Waals surface area contributed by atoms with Gasteiger partial charge < -0.3 is 15.3 Å². The zero-order valence-corrected chi connectivity index (χ0v) is 21.5. The zero-order chi connectivity index (χ0) is 24.8. The molecule has 0 saturated carbocycles. The molecule has 1 aromatic rings. The lowest BCUT2D eigenvalue weighted by atomic mass is 9.76. The van der Waals surface area contributed by atoms with Crippen LogP contribution in [0.1, 0.15) is 86.5 Å². The van der Waals surface area contributed by atoms with Gasteiger partial charge in [-0.25, -0.2) is 0 Å². The second kappa shape index (κ2) is 11.5. The molecular weight excluding hydrogens is 420 g/mol. The lowest BCUT2D eigenvalue weighted by Gasteiger charge is -2.37. The van der Waals surface area contributed by atoms with Crippen LogP contribution in [0.5, 0.6) is 0 Å². The molecule has 0 spiro atoms. The van der Waals surface area contributed by atoms with E-state index in [2.05, 4.69) is 55.8 Å². The third kappa shape index (κ3) is 4.56. The molecule has 0 radical (unpaired) electrons. The van der Waals surface area contributed by atoms with Crippen molar-refractivity contribution in [3.63, 3.8) is 0 Å². The van der Waals surface area contributed by atoms with Crippen LogP contribution in [0.15, 0.2) is 48.6 Å². The van der Waals surface area contributed by atoms with Gasteiger partial charge in [-0.1, -0.05) is 76.3 Å². The molecule has 4 nitrogen and oxygen atoms in total. The van der Waals surface area contributed by atoms with Gasteiger partial charge in [0, 0.05) is 30.3 Å². The molecular formula is C30H40N2O2. The quantitative estimate of drug-likeness (QED) is 0.538. The Kier molecular flexibility index (Phi) is 8.73. The average molecular weight is 461 g/mol. The lowest BCUT2D eigenvalue weighted by Crippen LogP contribution is -2.36. The first kappa shape index (κ1) is 25.8. The molecule has 2 heterocycles. The fourth-order valence-corrected chi connectivity index (χ4v) is 5.31. The van der Waals surface area contributed by atoms with E-state index >= 15 is 0 Å². The third-order valence-electron chi connectivity index (χ3n) is 6.86. The number of aliphatic hydroxyl groups is 1. The smallest absolute Gasteiger partial charge is 0.252 e. The second-order valence-electron chi connectivity index (χ2n) is 8.72. The molecule has 1 atom stereocenters. The number of aliphatic hydroxyl groups excluding tert-OH is 1. The molecule has 34 heavy (non-hydrogen) atoms. The molecule has 0 bridgehead atoms. The first-order valence-electron chi connectivity index (χ1n) is 12.8. The Bertz CT molecular complexity index is 1070. The van der Waals surface area contributed by atoms with E-state index in [1.807, 2.05) is 32.1 Å². The van der Waals surface area contributed by atoms with Crippen molar-refractivity contribution in [2.24, 2.45) is 0 Å². The number of fused-ring (bicyclic) bond motifs is 6. The van der Waals surface area contributed by atoms with E-state index in [-0.39, 0.29) is 18.6 Å². The molecule has 1 aromatic carbocycles. The maximum Gasteiger partial charge on any atom is 0.252 e. The first-order chi connectivity index (χ1) is 16.5. The molecule has 2 aliphatic heterocycles. The van der Waals surface area contributed by atoms with Crippen molar-refractivity contribution in [3.05, 3.63) is 76.4 Å². The predicted octanol–water partition coefficient (Wildman–Crippen LogP) is 6.36. The maximum atomic E-state index is 13.1. The molecule has 0 aromatic heterocycles. The molecule has 3 aliphatic rings. The number of nitrogens with zero attached hydrogens (tertiary/aromatic N) is 1. The highest BCUT2D eigenvalue weighted by Gasteiger charge is 2.36. The van der Waals surface area contributed by atoms with Crippen LogP contribution in [0.4, 0.5) is 5.69 Å². The molecule has 4 rings (SSSR count). The highest BCUT2D eigenvalue weighted by Crippen LogP contribution is 2.48. The monoisotopic (exact) mass is 460 g/mol. The normalized spacial score (nSPS) is 21.0. The third-order valence-corrected chi connectivity index (χ3v) is 6.86. The summed E-state index contributed by atoms with van der Waals surface area (Å²) in [6.07, 6.45) is 16.6. The molecule has 1 aliphatic carbocycles. The Morgan fingerprint density at radius 3 is 2.59 bits per heavy atom. The van der Waals surface area contributed by atoms with E-state index in [1.165, 1.54) is 22.3 Å². The maximum absolute atomic E-state index is 13.1. The van der Waals surface area contributed by atoms with Gasteiger partial charge in [0.2, 0.25) is 0 Å². The Labute approximate surface area is 205 Å². The van der Waals surface area contributed by atoms with Gasteiger partial charge in [0.05, 0.1) is 17.9 Å². The summed E-state index contributed by atoms with van der Waals surface area (Å²) in [5.41, 5.74) is 9.92. The standard InChI is InChI=1S/C28H34N2O2.C2H6/c1-5-7-12-21-20(6-2)13-14-22-23-17-29-28(32)26(23)24-18(3)10-8-9-11-19(4)30(15-16-31)27(24)25(21)22;1-2/h7-12,19,31H,3,5-6,13-17H2,1-2,4H3,(H,29,32);1-2H3/b10-8-,11-9-,12-7-;. The molecule has 4 heteroatoms. The lowest BCUT2D eigenvalue weighted by molar-refractivity contribution is 0.0965. The van der Waals surface area contributed by atoms with Crippen LogP contribution < -0.4 is 10.2 Å². The summed E-state index contributed by atoms with van der Waals surface area (Å²) in [5, 5.41) is 13.1. The number of allylic oxidation sites excluding steroid dienone is 8. The van der Waals surface area contributed by atoms with Gasteiger partial charge in [0.15, 0.2) is 0 Å². The van der Waals surface area contributed by atoms with Crippen LogP contribution in [-0.4, -0.2) is 30.2 Å². The van der Waals surface area contributed by atoms with Crippen molar-refractivity contribution < 1.29 is 9.90 Å². The fraction of sp³-hybridized carbons (Fsp3) is 0.433. The van der Waals surface area contributed by atoms with Gasteiger partial charge >= 0.3 is 0 Å². The van der Waals surface area contributed by atoms with E-state index in [0.29, 0.717) is 13.1 Å². The minimum Gasteiger partial charge on any atom is -0.395 e. The Balaban J connectivity index is 0.00000158. The van der Waals surface area contributed by atoms with Crippen LogP contribution in [0.25, 0.3) is 11.1 Å². The van der Waals surface area contributed by atoms with Crippen molar-refractivity contribution in [2.45, 2.75) is 72.9 Å². The van der Waals surface area contributed by atoms with Gasteiger partial charge in [0.25, 0.3) is 5.91 Å². The summed E-state index contributed by atoms with van der Waals surface area (Å²) >= 11 is 0. The van der Waals surface area contributed by atoms with Crippen LogP contribution in [0, 0.1) is 0 Å². The van der Waals surface area contributed by atoms with Crippen LogP contribution >= 0.6 is 0 Å². The van der Waals surface area contributed by atoms with Gasteiger partial charge in [-0.05, 0) is 54.9 Å². The van der Waals surface area contributed by atoms with Crippen LogP contribution in [0.2, 0.25) is 0 Å². The predicted molar refractivity (Wildman–Crippen MR) is 145 cm³/mol. The van der Waals surface area contributed by atoms with Crippen molar-refractivity contribution in [3.8, 4) is 0 Å². The number of carbonyl (C=O) groups is 1. The van der Waals surface area contributed by atoms with Gasteiger partial charge in [-0.3, -0.25) is 4.79 Å². The van der Waals surface area contributed by atoms with Crippen molar-refractivity contribution in [1.82, 2.24) is 5.32 Å². The van der Waals surface area contributed by atoms with Gasteiger partial charge in [-0.2, -0.15) is 0 Å². The Morgan fingerprint density at radius 2 is 1.91 bits per heavy atom. The number of rotatable bonds is 5. The zero-order valence-electron chi connectivity index (χ0n) is 21.5. The highest BCUT2D eigenvalue weighted by atomic mass is 16.3. The number of hydrogen-bond acceptors (Lipinski definition) is 3. The number of β-amino-alcohol motifs (C(OH)–C–C–N with tert-alkyl or cyclic N) is 1. The summed E-state index contributed by atoms with van der Waals surface area (Å²) in [7, 11) is 0. The number of amides is 1. The van der Waals surface area contributed by atoms with Crippen molar-refractivity contribution in [2.75, 3.05) is 18.1 Å². The minimum atomic E-state index is -0.0201. The van der Waals surface area contributed by atoms with E-state index in [4.69, 9.17) is 0 Å². The Hall–Kier alpha value is -2.85. The molecule has 0 saturated heterocycles.